The largest absolute Gasteiger partial charge is 0.506 e. The molecular formula is C48H60N4O6Si. The molecule has 312 valence electrons. The molecule has 3 aliphatic heterocycles. The number of piperidine rings is 3. The number of fused-ring (bicyclic) bond motifs is 4. The number of benzene rings is 4. The first-order chi connectivity index (χ1) is 28.3. The summed E-state index contributed by atoms with van der Waals surface area (Å²) in [4.78, 5) is 31.9. The van der Waals surface area contributed by atoms with E-state index in [2.05, 4.69) is 91.5 Å². The summed E-state index contributed by atoms with van der Waals surface area (Å²) in [6.07, 6.45) is 3.33. The molecule has 3 aliphatic rings. The van der Waals surface area contributed by atoms with Crippen LogP contribution in [0.25, 0.3) is 22.0 Å². The molecule has 0 saturated carbocycles. The average molecular weight is 817 g/mol. The number of ether oxygens (including phenoxy) is 1. The van der Waals surface area contributed by atoms with E-state index in [0.717, 1.165) is 97.4 Å². The Balaban J connectivity index is 0.947. The molecule has 0 unspecified atom stereocenters. The number of nitrogens with one attached hydrogen (secondary N) is 2. The zero-order chi connectivity index (χ0) is 41.7. The molecule has 4 heterocycles. The van der Waals surface area contributed by atoms with Crippen molar-refractivity contribution < 1.29 is 24.2 Å². The summed E-state index contributed by atoms with van der Waals surface area (Å²) in [5.74, 6) is 1.24. The number of carboxylic acid groups (broad SMARTS) is 1. The van der Waals surface area contributed by atoms with Crippen molar-refractivity contribution in [3.05, 3.63) is 124 Å². The number of aromatic hydroxyl groups is 1. The van der Waals surface area contributed by atoms with E-state index in [9.17, 15) is 19.8 Å². The Morgan fingerprint density at radius 2 is 1.68 bits per heavy atom. The number of nitrogens with zero attached hydrogens (tertiary/aromatic N) is 2. The van der Waals surface area contributed by atoms with Crippen LogP contribution in [-0.4, -0.2) is 79.9 Å². The lowest BCUT2D eigenvalue weighted by Crippen LogP contribution is -2.59. The van der Waals surface area contributed by atoms with Gasteiger partial charge >= 0.3 is 6.09 Å². The van der Waals surface area contributed by atoms with Gasteiger partial charge in [-0.25, -0.2) is 4.79 Å². The number of anilines is 1. The Bertz CT molecular complexity index is 2260. The Hall–Kier alpha value is -4.94. The number of amides is 1. The van der Waals surface area contributed by atoms with Gasteiger partial charge < -0.3 is 34.6 Å². The van der Waals surface area contributed by atoms with Gasteiger partial charge in [0, 0.05) is 30.1 Å². The second-order valence-electron chi connectivity index (χ2n) is 17.8. The molecule has 1 aromatic heterocycles. The summed E-state index contributed by atoms with van der Waals surface area (Å²) in [7, 11) is -2.18. The number of aryl methyl sites for hydroxylation is 1. The minimum absolute atomic E-state index is 0.00429. The van der Waals surface area contributed by atoms with Crippen molar-refractivity contribution in [2.45, 2.75) is 83.2 Å². The topological polar surface area (TPSA) is 127 Å². The monoisotopic (exact) mass is 816 g/mol. The molecule has 4 aromatic carbocycles. The number of phenolic OH excluding ortho intramolecular Hbond substituents is 1. The molecular weight excluding hydrogens is 757 g/mol. The number of pyridine rings is 1. The van der Waals surface area contributed by atoms with Crippen LogP contribution in [0.2, 0.25) is 18.1 Å². The highest BCUT2D eigenvalue weighted by Gasteiger charge is 2.41. The standard InChI is InChI=1S/C48H60N4O6Si/c1-48(2,3)59(4,5)58-44(39-19-21-43(53)46-40(39)20-22-45(54)50-46)31-49-26-23-33-13-16-37(17-14-33)57-29-9-10-34-15-18-38(35-11-7-6-8-12-35)41(30-34)52(47(55)56)42-32-51-27-24-36(42)25-28-51/h6-8,11-22,30,36,42,44,49,53H,9-10,23-29,31-32H2,1-5H3,(H,50,54)(H,55,56)/t42-,44+/m0/s1. The van der Waals surface area contributed by atoms with Crippen molar-refractivity contribution in [3.63, 3.8) is 0 Å². The van der Waals surface area contributed by atoms with Crippen LogP contribution in [0.4, 0.5) is 10.5 Å². The molecule has 0 radical (unpaired) electrons. The number of hydrogen-bond donors (Lipinski definition) is 4. The highest BCUT2D eigenvalue weighted by molar-refractivity contribution is 6.74. The summed E-state index contributed by atoms with van der Waals surface area (Å²) in [5.41, 5.74) is 6.14. The maximum absolute atomic E-state index is 13.0. The summed E-state index contributed by atoms with van der Waals surface area (Å²) < 4.78 is 13.1. The van der Waals surface area contributed by atoms with E-state index in [-0.39, 0.29) is 28.5 Å². The summed E-state index contributed by atoms with van der Waals surface area (Å²) in [6, 6.07) is 31.4. The zero-order valence-electron chi connectivity index (χ0n) is 35.2. The van der Waals surface area contributed by atoms with Crippen molar-refractivity contribution in [1.29, 1.82) is 0 Å². The molecule has 1 amide bonds. The first kappa shape index (κ1) is 42.2. The minimum atomic E-state index is -2.18. The van der Waals surface area contributed by atoms with E-state index in [1.54, 1.807) is 17.0 Å². The van der Waals surface area contributed by atoms with Crippen molar-refractivity contribution in [3.8, 4) is 22.6 Å². The fourth-order valence-electron chi connectivity index (χ4n) is 8.42. The number of H-pyrrole nitrogens is 1. The van der Waals surface area contributed by atoms with Gasteiger partial charge in [-0.1, -0.05) is 81.4 Å². The van der Waals surface area contributed by atoms with Gasteiger partial charge in [-0.15, -0.1) is 0 Å². The van der Waals surface area contributed by atoms with Gasteiger partial charge in [0.1, 0.15) is 11.5 Å². The molecule has 3 saturated heterocycles. The van der Waals surface area contributed by atoms with Gasteiger partial charge in [0.25, 0.3) is 0 Å². The highest BCUT2D eigenvalue weighted by Crippen LogP contribution is 2.42. The molecule has 3 fully saturated rings. The fraction of sp³-hybridized carbons (Fsp3) is 0.417. The van der Waals surface area contributed by atoms with Gasteiger partial charge in [0.05, 0.1) is 30.0 Å². The van der Waals surface area contributed by atoms with E-state index in [1.165, 1.54) is 11.6 Å². The van der Waals surface area contributed by atoms with Gasteiger partial charge in [-0.05, 0) is 128 Å². The lowest BCUT2D eigenvalue weighted by atomic mass is 9.82. The number of rotatable bonds is 16. The normalized spacial score (nSPS) is 18.5. The lowest BCUT2D eigenvalue weighted by Gasteiger charge is -2.48. The molecule has 0 spiro atoms. The van der Waals surface area contributed by atoms with Crippen LogP contribution in [0.15, 0.2) is 102 Å². The van der Waals surface area contributed by atoms with E-state index in [1.807, 2.05) is 36.4 Å². The summed E-state index contributed by atoms with van der Waals surface area (Å²) in [5, 5.41) is 25.5. The first-order valence-electron chi connectivity index (χ1n) is 21.2. The number of aromatic nitrogens is 1. The number of phenols is 1. The number of aromatic amines is 1. The van der Waals surface area contributed by atoms with E-state index in [4.69, 9.17) is 9.16 Å². The molecule has 8 rings (SSSR count). The third kappa shape index (κ3) is 9.92. The van der Waals surface area contributed by atoms with Gasteiger partial charge in [-0.2, -0.15) is 0 Å². The maximum Gasteiger partial charge on any atom is 0.412 e. The smallest absolute Gasteiger partial charge is 0.412 e. The fourth-order valence-corrected chi connectivity index (χ4v) is 9.69. The zero-order valence-corrected chi connectivity index (χ0v) is 36.2. The maximum atomic E-state index is 13.0. The predicted molar refractivity (Wildman–Crippen MR) is 239 cm³/mol. The van der Waals surface area contributed by atoms with Gasteiger partial charge in [0.15, 0.2) is 8.32 Å². The van der Waals surface area contributed by atoms with Crippen LogP contribution < -0.4 is 20.5 Å². The molecule has 2 atom stereocenters. The van der Waals surface area contributed by atoms with Crippen LogP contribution in [0.5, 0.6) is 11.5 Å². The van der Waals surface area contributed by atoms with Crippen LogP contribution in [-0.2, 0) is 17.3 Å². The van der Waals surface area contributed by atoms with Crippen LogP contribution >= 0.6 is 0 Å². The van der Waals surface area contributed by atoms with Crippen LogP contribution in [0.1, 0.15) is 62.8 Å². The summed E-state index contributed by atoms with van der Waals surface area (Å²) in [6.45, 7) is 15.9. The minimum Gasteiger partial charge on any atom is -0.506 e. The quantitative estimate of drug-likeness (QED) is 0.0574. The molecule has 59 heavy (non-hydrogen) atoms. The second-order valence-corrected chi connectivity index (χ2v) is 22.5. The van der Waals surface area contributed by atoms with Gasteiger partial charge in [-0.3, -0.25) is 9.69 Å². The van der Waals surface area contributed by atoms with Crippen LogP contribution in [0.3, 0.4) is 0 Å². The molecule has 5 aromatic rings. The molecule has 4 N–H and O–H groups in total. The molecule has 0 aliphatic carbocycles. The number of carbonyl (C=O) groups is 1. The van der Waals surface area contributed by atoms with E-state index >= 15 is 0 Å². The Morgan fingerprint density at radius 3 is 2.36 bits per heavy atom. The average Bonchev–Trinajstić information content (AvgIpc) is 3.22. The lowest BCUT2D eigenvalue weighted by molar-refractivity contribution is 0.0837. The first-order valence-corrected chi connectivity index (χ1v) is 24.1. The molecule has 10 nitrogen and oxygen atoms in total. The van der Waals surface area contributed by atoms with E-state index < -0.39 is 14.4 Å². The second kappa shape index (κ2) is 18.1. The Kier molecular flexibility index (Phi) is 13.0. The predicted octanol–water partition coefficient (Wildman–Crippen LogP) is 9.39. The Labute approximate surface area is 349 Å². The third-order valence-corrected chi connectivity index (χ3v) is 17.3. The van der Waals surface area contributed by atoms with Gasteiger partial charge in [0.2, 0.25) is 5.56 Å². The Morgan fingerprint density at radius 1 is 0.949 bits per heavy atom. The molecule has 11 heteroatoms. The van der Waals surface area contributed by atoms with E-state index in [0.29, 0.717) is 24.6 Å². The van der Waals surface area contributed by atoms with Crippen molar-refractivity contribution in [2.24, 2.45) is 5.92 Å². The third-order valence-electron chi connectivity index (χ3n) is 12.8. The van der Waals surface area contributed by atoms with Crippen LogP contribution in [0, 0.1) is 5.92 Å². The SMILES string of the molecule is CC(C)(C)[Si](C)(C)O[C@H](CNCCc1ccc(OCCCc2ccc(-c3ccccc3)c(N(C(=O)O)[C@H]3CN4CCC3CC4)c2)cc1)c1ccc(O)c2[nH]c(=O)ccc12. The highest BCUT2D eigenvalue weighted by atomic mass is 28.4. The van der Waals surface area contributed by atoms with Crippen molar-refractivity contribution in [2.75, 3.05) is 44.2 Å². The van der Waals surface area contributed by atoms with Crippen molar-refractivity contribution in [1.82, 2.24) is 15.2 Å². The summed E-state index contributed by atoms with van der Waals surface area (Å²) >= 11 is 0. The number of hydrogen-bond acceptors (Lipinski definition) is 7. The molecule has 2 bridgehead atoms. The van der Waals surface area contributed by atoms with Crippen molar-refractivity contribution >= 4 is 31.0 Å².